The number of rotatable bonds is 2. The van der Waals surface area contributed by atoms with Gasteiger partial charge in [-0.05, 0) is 25.2 Å². The highest BCUT2D eigenvalue weighted by Gasteiger charge is 2.07. The molecule has 0 bridgehead atoms. The molecule has 1 unspecified atom stereocenters. The third-order valence-electron chi connectivity index (χ3n) is 2.06. The molecule has 0 saturated carbocycles. The quantitative estimate of drug-likeness (QED) is 0.555. The Balaban J connectivity index is 2.50. The molecule has 0 aliphatic carbocycles. The third kappa shape index (κ3) is 1.69. The van der Waals surface area contributed by atoms with Gasteiger partial charge >= 0.3 is 0 Å². The van der Waals surface area contributed by atoms with Crippen molar-refractivity contribution in [2.24, 2.45) is 10.9 Å². The molecule has 10 heavy (non-hydrogen) atoms. The van der Waals surface area contributed by atoms with Crippen molar-refractivity contribution in [2.75, 3.05) is 0 Å². The van der Waals surface area contributed by atoms with Gasteiger partial charge in [0.25, 0.3) is 0 Å². The van der Waals surface area contributed by atoms with Crippen LogP contribution in [0.5, 0.6) is 0 Å². The standard InChI is InChI=1S/C9H15N/c1-3-8-5-9(4-2)7-10-6-8/h6-8H,3-5H2,1-2H3. The predicted octanol–water partition coefficient (Wildman–Crippen LogP) is 2.78. The summed E-state index contributed by atoms with van der Waals surface area (Å²) in [6.45, 7) is 4.41. The van der Waals surface area contributed by atoms with Crippen molar-refractivity contribution in [3.8, 4) is 0 Å². The first-order valence-electron chi connectivity index (χ1n) is 4.08. The van der Waals surface area contributed by atoms with Crippen molar-refractivity contribution < 1.29 is 0 Å². The van der Waals surface area contributed by atoms with E-state index in [1.165, 1.54) is 18.4 Å². The second-order valence-electron chi connectivity index (χ2n) is 2.81. The smallest absolute Gasteiger partial charge is 0.0256 e. The lowest BCUT2D eigenvalue weighted by Gasteiger charge is -2.13. The van der Waals surface area contributed by atoms with Crippen molar-refractivity contribution in [2.45, 2.75) is 33.1 Å². The minimum absolute atomic E-state index is 0.708. The van der Waals surface area contributed by atoms with E-state index in [2.05, 4.69) is 25.1 Å². The summed E-state index contributed by atoms with van der Waals surface area (Å²) in [5, 5.41) is 0. The number of nitrogens with zero attached hydrogens (tertiary/aromatic N) is 1. The molecule has 1 heterocycles. The molecule has 0 fully saturated rings. The molecular formula is C9H15N. The molecule has 56 valence electrons. The molecule has 0 aromatic carbocycles. The monoisotopic (exact) mass is 137 g/mol. The minimum Gasteiger partial charge on any atom is -0.269 e. The Hall–Kier alpha value is -0.590. The van der Waals surface area contributed by atoms with Crippen LogP contribution in [0, 0.1) is 5.92 Å². The average Bonchev–Trinajstić information content (AvgIpc) is 2.05. The lowest BCUT2D eigenvalue weighted by Crippen LogP contribution is -2.04. The Labute approximate surface area is 62.9 Å². The van der Waals surface area contributed by atoms with E-state index in [1.807, 2.05) is 6.20 Å². The Kier molecular flexibility index (Phi) is 2.67. The maximum Gasteiger partial charge on any atom is 0.0256 e. The molecule has 0 amide bonds. The lowest BCUT2D eigenvalue weighted by molar-refractivity contribution is 0.647. The van der Waals surface area contributed by atoms with Gasteiger partial charge in [0.1, 0.15) is 0 Å². The van der Waals surface area contributed by atoms with E-state index < -0.39 is 0 Å². The van der Waals surface area contributed by atoms with E-state index in [9.17, 15) is 0 Å². The highest BCUT2D eigenvalue weighted by molar-refractivity contribution is 5.63. The zero-order valence-electron chi connectivity index (χ0n) is 6.80. The first-order chi connectivity index (χ1) is 4.86. The van der Waals surface area contributed by atoms with Crippen LogP contribution in [0.1, 0.15) is 33.1 Å². The Morgan fingerprint density at radius 1 is 1.60 bits per heavy atom. The minimum atomic E-state index is 0.708. The molecule has 1 aliphatic rings. The summed E-state index contributed by atoms with van der Waals surface area (Å²) in [6.07, 6.45) is 7.69. The van der Waals surface area contributed by atoms with Gasteiger partial charge in [-0.2, -0.15) is 0 Å². The number of aliphatic imine (C=N–C) groups is 1. The molecule has 0 spiro atoms. The second kappa shape index (κ2) is 3.55. The largest absolute Gasteiger partial charge is 0.269 e. The van der Waals surface area contributed by atoms with E-state index in [1.54, 1.807) is 0 Å². The van der Waals surface area contributed by atoms with Gasteiger partial charge in [-0.1, -0.05) is 19.4 Å². The maximum absolute atomic E-state index is 4.19. The highest BCUT2D eigenvalue weighted by Crippen LogP contribution is 2.19. The molecule has 1 aliphatic heterocycles. The average molecular weight is 137 g/mol. The maximum atomic E-state index is 4.19. The van der Waals surface area contributed by atoms with Gasteiger partial charge in [-0.25, -0.2) is 0 Å². The number of hydrogen-bond donors (Lipinski definition) is 0. The van der Waals surface area contributed by atoms with Gasteiger partial charge in [0.2, 0.25) is 0 Å². The molecule has 1 nitrogen and oxygen atoms in total. The van der Waals surface area contributed by atoms with E-state index in [-0.39, 0.29) is 0 Å². The second-order valence-corrected chi connectivity index (χ2v) is 2.81. The Morgan fingerprint density at radius 2 is 2.40 bits per heavy atom. The van der Waals surface area contributed by atoms with E-state index in [0.29, 0.717) is 5.92 Å². The fourth-order valence-electron chi connectivity index (χ4n) is 1.20. The zero-order valence-corrected chi connectivity index (χ0v) is 6.80. The normalized spacial score (nSPS) is 24.6. The number of hydrogen-bond acceptors (Lipinski definition) is 1. The van der Waals surface area contributed by atoms with Gasteiger partial charge in [-0.15, -0.1) is 0 Å². The van der Waals surface area contributed by atoms with Crippen LogP contribution in [-0.2, 0) is 0 Å². The van der Waals surface area contributed by atoms with E-state index in [4.69, 9.17) is 0 Å². The first kappa shape index (κ1) is 7.52. The Bertz CT molecular complexity index is 156. The Morgan fingerprint density at radius 3 is 3.00 bits per heavy atom. The summed E-state index contributed by atoms with van der Waals surface area (Å²) in [5.74, 6) is 0.708. The van der Waals surface area contributed by atoms with E-state index >= 15 is 0 Å². The van der Waals surface area contributed by atoms with Gasteiger partial charge < -0.3 is 0 Å². The summed E-state index contributed by atoms with van der Waals surface area (Å²) < 4.78 is 0. The van der Waals surface area contributed by atoms with Crippen LogP contribution < -0.4 is 0 Å². The lowest BCUT2D eigenvalue weighted by atomic mass is 9.95. The van der Waals surface area contributed by atoms with Crippen molar-refractivity contribution in [1.29, 1.82) is 0 Å². The van der Waals surface area contributed by atoms with Crippen molar-refractivity contribution in [3.05, 3.63) is 11.8 Å². The van der Waals surface area contributed by atoms with Crippen LogP contribution in [0.2, 0.25) is 0 Å². The van der Waals surface area contributed by atoms with Crippen molar-refractivity contribution in [3.63, 3.8) is 0 Å². The van der Waals surface area contributed by atoms with Gasteiger partial charge in [0.15, 0.2) is 0 Å². The molecule has 1 rings (SSSR count). The van der Waals surface area contributed by atoms with Crippen LogP contribution in [0.25, 0.3) is 0 Å². The van der Waals surface area contributed by atoms with Gasteiger partial charge in [-0.3, -0.25) is 4.99 Å². The van der Waals surface area contributed by atoms with Crippen LogP contribution in [0.15, 0.2) is 16.8 Å². The van der Waals surface area contributed by atoms with Gasteiger partial charge in [0.05, 0.1) is 0 Å². The fraction of sp³-hybridized carbons (Fsp3) is 0.667. The first-order valence-corrected chi connectivity index (χ1v) is 4.08. The van der Waals surface area contributed by atoms with Gasteiger partial charge in [0, 0.05) is 12.4 Å². The summed E-state index contributed by atoms with van der Waals surface area (Å²) in [7, 11) is 0. The molecule has 0 aromatic heterocycles. The molecule has 0 aromatic rings. The predicted molar refractivity (Wildman–Crippen MR) is 45.3 cm³/mol. The van der Waals surface area contributed by atoms with Crippen LogP contribution in [-0.4, -0.2) is 6.21 Å². The summed E-state index contributed by atoms with van der Waals surface area (Å²) >= 11 is 0. The molecule has 1 atom stereocenters. The molecule has 0 saturated heterocycles. The SMILES string of the molecule is CCC1=CN=CC(CC)C1. The van der Waals surface area contributed by atoms with E-state index in [0.717, 1.165) is 6.42 Å². The number of allylic oxidation sites excluding steroid dienone is 1. The third-order valence-corrected chi connectivity index (χ3v) is 2.06. The topological polar surface area (TPSA) is 12.4 Å². The molecule has 1 heteroatoms. The van der Waals surface area contributed by atoms with Crippen LogP contribution in [0.4, 0.5) is 0 Å². The highest BCUT2D eigenvalue weighted by atomic mass is 14.7. The summed E-state index contributed by atoms with van der Waals surface area (Å²) in [5.41, 5.74) is 1.49. The van der Waals surface area contributed by atoms with Crippen molar-refractivity contribution >= 4 is 6.21 Å². The fourth-order valence-corrected chi connectivity index (χ4v) is 1.20. The van der Waals surface area contributed by atoms with Crippen LogP contribution in [0.3, 0.4) is 0 Å². The van der Waals surface area contributed by atoms with Crippen molar-refractivity contribution in [1.82, 2.24) is 0 Å². The zero-order chi connectivity index (χ0) is 7.40. The molecular weight excluding hydrogens is 122 g/mol. The summed E-state index contributed by atoms with van der Waals surface area (Å²) in [6, 6.07) is 0. The molecule has 0 radical (unpaired) electrons. The van der Waals surface area contributed by atoms with Crippen LogP contribution >= 0.6 is 0 Å². The molecule has 0 N–H and O–H groups in total. The summed E-state index contributed by atoms with van der Waals surface area (Å²) in [4.78, 5) is 4.19.